The molecule has 2 aromatic carbocycles. The predicted octanol–water partition coefficient (Wildman–Crippen LogP) is 3.07. The molecule has 1 heterocycles. The molecule has 0 radical (unpaired) electrons. The Morgan fingerprint density at radius 2 is 1.86 bits per heavy atom. The minimum atomic E-state index is 0.154. The van der Waals surface area contributed by atoms with E-state index in [0.717, 1.165) is 17.0 Å². The Morgan fingerprint density at radius 1 is 1.05 bits per heavy atom. The van der Waals surface area contributed by atoms with Crippen LogP contribution in [0.1, 0.15) is 5.56 Å². The number of hydrogen-bond donors (Lipinski definition) is 2. The van der Waals surface area contributed by atoms with Gasteiger partial charge in [0.05, 0.1) is 17.5 Å². The van der Waals surface area contributed by atoms with Crippen molar-refractivity contribution in [2.75, 3.05) is 18.1 Å². The number of rotatable bonds is 4. The molecule has 0 atom stereocenters. The molecule has 0 spiro atoms. The minimum Gasteiger partial charge on any atom is -0.492 e. The third-order valence-electron chi connectivity index (χ3n) is 3.27. The van der Waals surface area contributed by atoms with Crippen molar-refractivity contribution in [1.29, 1.82) is 0 Å². The summed E-state index contributed by atoms with van der Waals surface area (Å²) in [6.45, 7) is 0.503. The molecule has 3 aromatic rings. The van der Waals surface area contributed by atoms with Crippen LogP contribution >= 0.6 is 11.6 Å². The molecule has 3 rings (SSSR count). The fourth-order valence-corrected chi connectivity index (χ4v) is 2.50. The molecule has 1 aromatic heterocycles. The Hall–Kier alpha value is -2.53. The number of halogens is 1. The van der Waals surface area contributed by atoms with Crippen molar-refractivity contribution in [1.82, 2.24) is 9.97 Å². The fourth-order valence-electron chi connectivity index (χ4n) is 2.29. The highest BCUT2D eigenvalue weighted by Crippen LogP contribution is 2.29. The first kappa shape index (κ1) is 14.4. The lowest BCUT2D eigenvalue weighted by molar-refractivity contribution is 0.326. The summed E-state index contributed by atoms with van der Waals surface area (Å²) in [6.07, 6.45) is 0.743. The van der Waals surface area contributed by atoms with Gasteiger partial charge in [-0.05, 0) is 29.8 Å². The van der Waals surface area contributed by atoms with Crippen LogP contribution in [0, 0.1) is 0 Å². The zero-order chi connectivity index (χ0) is 15.5. The topological polar surface area (TPSA) is 87.0 Å². The van der Waals surface area contributed by atoms with Crippen molar-refractivity contribution in [3.05, 3.63) is 53.1 Å². The van der Waals surface area contributed by atoms with Gasteiger partial charge >= 0.3 is 0 Å². The van der Waals surface area contributed by atoms with E-state index in [1.807, 2.05) is 42.5 Å². The number of nitrogens with two attached hydrogens (primary N) is 2. The van der Waals surface area contributed by atoms with Crippen LogP contribution in [0.25, 0.3) is 10.9 Å². The van der Waals surface area contributed by atoms with Gasteiger partial charge in [0.1, 0.15) is 11.6 Å². The van der Waals surface area contributed by atoms with Gasteiger partial charge in [0.2, 0.25) is 5.95 Å². The lowest BCUT2D eigenvalue weighted by atomic mass is 10.1. The Balaban J connectivity index is 1.79. The third-order valence-corrected chi connectivity index (χ3v) is 3.50. The van der Waals surface area contributed by atoms with E-state index in [0.29, 0.717) is 29.1 Å². The van der Waals surface area contributed by atoms with Gasteiger partial charge in [-0.2, -0.15) is 4.98 Å². The van der Waals surface area contributed by atoms with Gasteiger partial charge in [0.15, 0.2) is 0 Å². The highest BCUT2D eigenvalue weighted by Gasteiger charge is 2.09. The minimum absolute atomic E-state index is 0.154. The molecule has 0 bridgehead atoms. The van der Waals surface area contributed by atoms with Crippen LogP contribution < -0.4 is 16.2 Å². The van der Waals surface area contributed by atoms with Crippen LogP contribution in [-0.2, 0) is 6.42 Å². The summed E-state index contributed by atoms with van der Waals surface area (Å²) >= 11 is 5.97. The molecule has 0 saturated carbocycles. The average Bonchev–Trinajstić information content (AvgIpc) is 2.47. The summed E-state index contributed by atoms with van der Waals surface area (Å²) in [5.41, 5.74) is 13.3. The molecule has 0 unspecified atom stereocenters. The predicted molar refractivity (Wildman–Crippen MR) is 89.0 cm³/mol. The number of anilines is 2. The van der Waals surface area contributed by atoms with E-state index in [2.05, 4.69) is 9.97 Å². The second kappa shape index (κ2) is 6.07. The first-order chi connectivity index (χ1) is 10.6. The largest absolute Gasteiger partial charge is 0.492 e. The number of fused-ring (bicyclic) bond motifs is 1. The molecule has 0 amide bonds. The first-order valence-corrected chi connectivity index (χ1v) is 7.20. The van der Waals surface area contributed by atoms with Gasteiger partial charge < -0.3 is 16.2 Å². The normalized spacial score (nSPS) is 10.8. The van der Waals surface area contributed by atoms with E-state index in [-0.39, 0.29) is 5.95 Å². The highest BCUT2D eigenvalue weighted by atomic mass is 35.5. The van der Waals surface area contributed by atoms with Gasteiger partial charge in [-0.15, -0.1) is 0 Å². The number of aromatic nitrogens is 2. The second-order valence-corrected chi connectivity index (χ2v) is 5.28. The standard InChI is InChI=1S/C16H15ClN4O/c17-11-4-1-3-10(9-11)7-8-22-13-6-2-5-12-14(13)15(18)21-16(19)20-12/h1-6,9H,7-8H2,(H4,18,19,20,21). The molecule has 0 aliphatic carbocycles. The fraction of sp³-hybridized carbons (Fsp3) is 0.125. The molecular formula is C16H15ClN4O. The second-order valence-electron chi connectivity index (χ2n) is 4.85. The van der Waals surface area contributed by atoms with Crippen LogP contribution in [0.15, 0.2) is 42.5 Å². The van der Waals surface area contributed by atoms with Crippen LogP contribution in [0.5, 0.6) is 5.75 Å². The summed E-state index contributed by atoms with van der Waals surface area (Å²) < 4.78 is 5.84. The molecular weight excluding hydrogens is 300 g/mol. The molecule has 0 saturated heterocycles. The Kier molecular flexibility index (Phi) is 3.98. The highest BCUT2D eigenvalue weighted by molar-refractivity contribution is 6.30. The average molecular weight is 315 g/mol. The van der Waals surface area contributed by atoms with E-state index in [9.17, 15) is 0 Å². The van der Waals surface area contributed by atoms with Gasteiger partial charge in [-0.25, -0.2) is 4.98 Å². The van der Waals surface area contributed by atoms with Crippen molar-refractivity contribution in [2.24, 2.45) is 0 Å². The maximum atomic E-state index is 5.97. The molecule has 22 heavy (non-hydrogen) atoms. The van der Waals surface area contributed by atoms with Crippen molar-refractivity contribution in [2.45, 2.75) is 6.42 Å². The maximum absolute atomic E-state index is 5.97. The van der Waals surface area contributed by atoms with E-state index >= 15 is 0 Å². The lowest BCUT2D eigenvalue weighted by Gasteiger charge is -2.10. The quantitative estimate of drug-likeness (QED) is 0.772. The van der Waals surface area contributed by atoms with E-state index in [1.165, 1.54) is 0 Å². The summed E-state index contributed by atoms with van der Waals surface area (Å²) in [5, 5.41) is 1.40. The molecule has 4 N–H and O–H groups in total. The summed E-state index contributed by atoms with van der Waals surface area (Å²) in [4.78, 5) is 8.15. The van der Waals surface area contributed by atoms with E-state index < -0.39 is 0 Å². The van der Waals surface area contributed by atoms with Gasteiger partial charge in [0.25, 0.3) is 0 Å². The summed E-state index contributed by atoms with van der Waals surface area (Å²) in [6, 6.07) is 13.2. The summed E-state index contributed by atoms with van der Waals surface area (Å²) in [7, 11) is 0. The van der Waals surface area contributed by atoms with Crippen molar-refractivity contribution in [3.63, 3.8) is 0 Å². The zero-order valence-electron chi connectivity index (χ0n) is 11.8. The zero-order valence-corrected chi connectivity index (χ0v) is 12.5. The maximum Gasteiger partial charge on any atom is 0.222 e. The Bertz CT molecular complexity index is 822. The smallest absolute Gasteiger partial charge is 0.222 e. The van der Waals surface area contributed by atoms with Gasteiger partial charge in [-0.3, -0.25) is 0 Å². The Labute approximate surface area is 132 Å². The molecule has 0 aliphatic heterocycles. The van der Waals surface area contributed by atoms with Gasteiger partial charge in [0, 0.05) is 11.4 Å². The van der Waals surface area contributed by atoms with E-state index in [1.54, 1.807) is 0 Å². The number of hydrogen-bond acceptors (Lipinski definition) is 5. The van der Waals surface area contributed by atoms with Gasteiger partial charge in [-0.1, -0.05) is 29.8 Å². The molecule has 0 fully saturated rings. The number of benzene rings is 2. The molecule has 112 valence electrons. The van der Waals surface area contributed by atoms with Crippen molar-refractivity contribution < 1.29 is 4.74 Å². The number of nitrogen functional groups attached to an aromatic ring is 2. The third kappa shape index (κ3) is 3.04. The van der Waals surface area contributed by atoms with Crippen LogP contribution in [0.2, 0.25) is 5.02 Å². The SMILES string of the molecule is Nc1nc(N)c2c(OCCc3cccc(Cl)c3)cccc2n1. The number of ether oxygens (including phenoxy) is 1. The molecule has 5 nitrogen and oxygen atoms in total. The van der Waals surface area contributed by atoms with Crippen molar-refractivity contribution >= 4 is 34.3 Å². The van der Waals surface area contributed by atoms with Crippen LogP contribution in [0.3, 0.4) is 0 Å². The molecule has 0 aliphatic rings. The lowest BCUT2D eigenvalue weighted by Crippen LogP contribution is -2.05. The van der Waals surface area contributed by atoms with Crippen LogP contribution in [0.4, 0.5) is 11.8 Å². The Morgan fingerprint density at radius 3 is 2.68 bits per heavy atom. The van der Waals surface area contributed by atoms with Crippen LogP contribution in [-0.4, -0.2) is 16.6 Å². The summed E-state index contributed by atoms with van der Waals surface area (Å²) in [5.74, 6) is 1.12. The first-order valence-electron chi connectivity index (χ1n) is 6.82. The van der Waals surface area contributed by atoms with Crippen molar-refractivity contribution in [3.8, 4) is 5.75 Å². The number of nitrogens with zero attached hydrogens (tertiary/aromatic N) is 2. The monoisotopic (exact) mass is 314 g/mol. The molecule has 6 heteroatoms. The van der Waals surface area contributed by atoms with E-state index in [4.69, 9.17) is 27.8 Å².